The Hall–Kier alpha value is -2.76. The molecule has 0 aliphatic heterocycles. The Morgan fingerprint density at radius 2 is 1.76 bits per heavy atom. The van der Waals surface area contributed by atoms with Crippen molar-refractivity contribution in [1.29, 1.82) is 0 Å². The Morgan fingerprint density at radius 3 is 2.38 bits per heavy atom. The highest BCUT2D eigenvalue weighted by molar-refractivity contribution is 6.07. The SMILES string of the molecule is Cc1cc(F)cc(C(=O)Nc2ccc(F)cc2C(=O)O)c1. The number of carbonyl (C=O) groups excluding carboxylic acids is 1. The molecule has 0 fully saturated rings. The highest BCUT2D eigenvalue weighted by atomic mass is 19.1. The summed E-state index contributed by atoms with van der Waals surface area (Å²) < 4.78 is 26.3. The molecular weight excluding hydrogens is 280 g/mol. The Labute approximate surface area is 119 Å². The maximum Gasteiger partial charge on any atom is 0.337 e. The fourth-order valence-corrected chi connectivity index (χ4v) is 1.86. The third-order valence-electron chi connectivity index (χ3n) is 2.76. The summed E-state index contributed by atoms with van der Waals surface area (Å²) in [6, 6.07) is 6.72. The molecule has 6 heteroatoms. The van der Waals surface area contributed by atoms with Crippen molar-refractivity contribution in [2.75, 3.05) is 5.32 Å². The number of halogens is 2. The number of amides is 1. The first-order valence-electron chi connectivity index (χ1n) is 5.98. The highest BCUT2D eigenvalue weighted by Crippen LogP contribution is 2.19. The molecule has 2 N–H and O–H groups in total. The monoisotopic (exact) mass is 291 g/mol. The Balaban J connectivity index is 2.33. The lowest BCUT2D eigenvalue weighted by Gasteiger charge is -2.09. The minimum absolute atomic E-state index is 0.0492. The van der Waals surface area contributed by atoms with E-state index in [1.54, 1.807) is 6.92 Å². The molecule has 0 aliphatic rings. The summed E-state index contributed by atoms with van der Waals surface area (Å²) in [6.07, 6.45) is 0. The Morgan fingerprint density at radius 1 is 1.05 bits per heavy atom. The van der Waals surface area contributed by atoms with Gasteiger partial charge in [0.15, 0.2) is 0 Å². The smallest absolute Gasteiger partial charge is 0.337 e. The molecule has 0 heterocycles. The van der Waals surface area contributed by atoms with Crippen molar-refractivity contribution in [2.45, 2.75) is 6.92 Å². The van der Waals surface area contributed by atoms with Crippen LogP contribution in [0.4, 0.5) is 14.5 Å². The topological polar surface area (TPSA) is 66.4 Å². The van der Waals surface area contributed by atoms with Crippen molar-refractivity contribution in [3.63, 3.8) is 0 Å². The molecule has 0 unspecified atom stereocenters. The second-order valence-electron chi connectivity index (χ2n) is 4.47. The first-order valence-corrected chi connectivity index (χ1v) is 5.98. The Bertz CT molecular complexity index is 709. The quantitative estimate of drug-likeness (QED) is 0.912. The first-order chi connectivity index (χ1) is 9.86. The van der Waals surface area contributed by atoms with E-state index < -0.39 is 23.5 Å². The van der Waals surface area contributed by atoms with E-state index in [4.69, 9.17) is 5.11 Å². The maximum absolute atomic E-state index is 13.3. The molecule has 0 bridgehead atoms. The van der Waals surface area contributed by atoms with E-state index in [1.165, 1.54) is 12.1 Å². The number of carboxylic acids is 1. The second-order valence-corrected chi connectivity index (χ2v) is 4.47. The van der Waals surface area contributed by atoms with Crippen molar-refractivity contribution >= 4 is 17.6 Å². The van der Waals surface area contributed by atoms with Gasteiger partial charge in [-0.05, 0) is 48.9 Å². The number of carbonyl (C=O) groups is 2. The zero-order valence-corrected chi connectivity index (χ0v) is 11.0. The molecule has 4 nitrogen and oxygen atoms in total. The average molecular weight is 291 g/mol. The van der Waals surface area contributed by atoms with Gasteiger partial charge in [0.25, 0.3) is 5.91 Å². The Kier molecular flexibility index (Phi) is 3.98. The fraction of sp³-hybridized carbons (Fsp3) is 0.0667. The van der Waals surface area contributed by atoms with E-state index in [0.717, 1.165) is 24.3 Å². The van der Waals surface area contributed by atoms with Crippen LogP contribution in [0.1, 0.15) is 26.3 Å². The van der Waals surface area contributed by atoms with Gasteiger partial charge in [-0.3, -0.25) is 4.79 Å². The summed E-state index contributed by atoms with van der Waals surface area (Å²) in [5, 5.41) is 11.3. The van der Waals surface area contributed by atoms with E-state index in [-0.39, 0.29) is 16.8 Å². The lowest BCUT2D eigenvalue weighted by molar-refractivity contribution is 0.0697. The van der Waals surface area contributed by atoms with Gasteiger partial charge < -0.3 is 10.4 Å². The third-order valence-corrected chi connectivity index (χ3v) is 2.76. The van der Waals surface area contributed by atoms with Crippen molar-refractivity contribution in [3.8, 4) is 0 Å². The van der Waals surface area contributed by atoms with Crippen LogP contribution in [0.25, 0.3) is 0 Å². The second kappa shape index (κ2) is 5.70. The lowest BCUT2D eigenvalue weighted by Crippen LogP contribution is -2.15. The molecule has 2 aromatic carbocycles. The average Bonchev–Trinajstić information content (AvgIpc) is 2.39. The molecule has 0 radical (unpaired) electrons. The summed E-state index contributed by atoms with van der Waals surface area (Å²) in [5.41, 5.74) is 0.165. The molecule has 2 aromatic rings. The lowest BCUT2D eigenvalue weighted by atomic mass is 10.1. The van der Waals surface area contributed by atoms with Gasteiger partial charge >= 0.3 is 5.97 Å². The van der Waals surface area contributed by atoms with Gasteiger partial charge in [-0.25, -0.2) is 13.6 Å². The summed E-state index contributed by atoms with van der Waals surface area (Å²) in [4.78, 5) is 23.0. The molecule has 0 saturated heterocycles. The number of rotatable bonds is 3. The number of carboxylic acid groups (broad SMARTS) is 1. The van der Waals surface area contributed by atoms with E-state index in [2.05, 4.69) is 5.32 Å². The van der Waals surface area contributed by atoms with Crippen LogP contribution in [-0.4, -0.2) is 17.0 Å². The standard InChI is InChI=1S/C15H11F2NO3/c1-8-4-9(6-11(17)5-8)14(19)18-13-3-2-10(16)7-12(13)15(20)21/h2-7H,1H3,(H,18,19)(H,20,21). The minimum Gasteiger partial charge on any atom is -0.478 e. The van der Waals surface area contributed by atoms with Crippen LogP contribution in [-0.2, 0) is 0 Å². The zero-order valence-electron chi connectivity index (χ0n) is 11.0. The van der Waals surface area contributed by atoms with Gasteiger partial charge in [0, 0.05) is 5.56 Å². The van der Waals surface area contributed by atoms with E-state index >= 15 is 0 Å². The van der Waals surface area contributed by atoms with Crippen molar-refractivity contribution in [3.05, 3.63) is 64.7 Å². The van der Waals surface area contributed by atoms with Gasteiger partial charge in [-0.2, -0.15) is 0 Å². The predicted octanol–water partition coefficient (Wildman–Crippen LogP) is 3.22. The van der Waals surface area contributed by atoms with Crippen LogP contribution in [0.3, 0.4) is 0 Å². The molecule has 0 atom stereocenters. The van der Waals surface area contributed by atoms with E-state index in [1.807, 2.05) is 0 Å². The number of aromatic carboxylic acids is 1. The van der Waals surface area contributed by atoms with Crippen LogP contribution in [0.2, 0.25) is 0 Å². The number of hydrogen-bond donors (Lipinski definition) is 2. The van der Waals surface area contributed by atoms with Crippen LogP contribution in [0, 0.1) is 18.6 Å². The normalized spacial score (nSPS) is 10.2. The van der Waals surface area contributed by atoms with Crippen molar-refractivity contribution < 1.29 is 23.5 Å². The zero-order chi connectivity index (χ0) is 15.6. The summed E-state index contributed by atoms with van der Waals surface area (Å²) >= 11 is 0. The minimum atomic E-state index is -1.37. The number of anilines is 1. The maximum atomic E-state index is 13.3. The number of nitrogens with one attached hydrogen (secondary N) is 1. The van der Waals surface area contributed by atoms with E-state index in [0.29, 0.717) is 5.56 Å². The number of hydrogen-bond acceptors (Lipinski definition) is 2. The molecule has 0 aliphatic carbocycles. The third kappa shape index (κ3) is 3.42. The predicted molar refractivity (Wildman–Crippen MR) is 72.4 cm³/mol. The van der Waals surface area contributed by atoms with Crippen LogP contribution in [0.15, 0.2) is 36.4 Å². The summed E-state index contributed by atoms with van der Waals surface area (Å²) in [5.74, 6) is -3.35. The van der Waals surface area contributed by atoms with Crippen molar-refractivity contribution in [1.82, 2.24) is 0 Å². The van der Waals surface area contributed by atoms with Crippen LogP contribution >= 0.6 is 0 Å². The molecule has 21 heavy (non-hydrogen) atoms. The van der Waals surface area contributed by atoms with E-state index in [9.17, 15) is 18.4 Å². The molecule has 2 rings (SSSR count). The largest absolute Gasteiger partial charge is 0.478 e. The molecule has 108 valence electrons. The molecule has 0 aromatic heterocycles. The van der Waals surface area contributed by atoms with Gasteiger partial charge in [0.05, 0.1) is 11.3 Å². The molecule has 0 spiro atoms. The number of benzene rings is 2. The first kappa shape index (κ1) is 14.6. The van der Waals surface area contributed by atoms with Gasteiger partial charge in [0.1, 0.15) is 11.6 Å². The van der Waals surface area contributed by atoms with Crippen LogP contribution < -0.4 is 5.32 Å². The van der Waals surface area contributed by atoms with Crippen molar-refractivity contribution in [2.24, 2.45) is 0 Å². The van der Waals surface area contributed by atoms with Gasteiger partial charge in [0.2, 0.25) is 0 Å². The summed E-state index contributed by atoms with van der Waals surface area (Å²) in [6.45, 7) is 1.63. The molecule has 0 saturated carbocycles. The van der Waals surface area contributed by atoms with Gasteiger partial charge in [-0.15, -0.1) is 0 Å². The fourth-order valence-electron chi connectivity index (χ4n) is 1.86. The van der Waals surface area contributed by atoms with Gasteiger partial charge in [-0.1, -0.05) is 0 Å². The summed E-state index contributed by atoms with van der Waals surface area (Å²) in [7, 11) is 0. The number of aryl methyl sites for hydroxylation is 1. The molecular formula is C15H11F2NO3. The highest BCUT2D eigenvalue weighted by Gasteiger charge is 2.15. The van der Waals surface area contributed by atoms with Crippen LogP contribution in [0.5, 0.6) is 0 Å². The molecule has 1 amide bonds.